The lowest BCUT2D eigenvalue weighted by Crippen LogP contribution is -2.30. The first-order chi connectivity index (χ1) is 15.5. The summed E-state index contributed by atoms with van der Waals surface area (Å²) in [7, 11) is 1.54. The normalized spacial score (nSPS) is 16.2. The summed E-state index contributed by atoms with van der Waals surface area (Å²) >= 11 is 0. The highest BCUT2D eigenvalue weighted by atomic mass is 16.5. The highest BCUT2D eigenvalue weighted by Crippen LogP contribution is 2.43. The number of furan rings is 2. The standard InChI is InChI=1S/C25H19NO6/c1-14-7-12-19(31-14)22-21(23(27)20-13-15-5-3-4-6-18(15)32-20)24(28)25(29)26(22)16-8-10-17(30-2)11-9-16/h3-13,22,28H,1-2H3. The average molecular weight is 429 g/mol. The zero-order chi connectivity index (χ0) is 22.4. The summed E-state index contributed by atoms with van der Waals surface area (Å²) in [5.41, 5.74) is 0.922. The fourth-order valence-corrected chi connectivity index (χ4v) is 3.94. The van der Waals surface area contributed by atoms with Crippen LogP contribution in [0, 0.1) is 6.92 Å². The first-order valence-corrected chi connectivity index (χ1v) is 9.98. The van der Waals surface area contributed by atoms with Gasteiger partial charge in [-0.1, -0.05) is 18.2 Å². The monoisotopic (exact) mass is 429 g/mol. The molecule has 1 aliphatic rings. The topological polar surface area (TPSA) is 93.1 Å². The average Bonchev–Trinajstić information content (AvgIpc) is 3.50. The molecule has 4 aromatic rings. The molecule has 2 aromatic carbocycles. The maximum Gasteiger partial charge on any atom is 0.294 e. The van der Waals surface area contributed by atoms with Crippen molar-refractivity contribution in [3.8, 4) is 5.75 Å². The van der Waals surface area contributed by atoms with Gasteiger partial charge < -0.3 is 18.7 Å². The Morgan fingerprint density at radius 2 is 1.78 bits per heavy atom. The van der Waals surface area contributed by atoms with Gasteiger partial charge in [0, 0.05) is 11.1 Å². The van der Waals surface area contributed by atoms with Gasteiger partial charge in [0.1, 0.15) is 28.9 Å². The minimum absolute atomic E-state index is 0.0328. The summed E-state index contributed by atoms with van der Waals surface area (Å²) in [6.07, 6.45) is 0. The molecule has 32 heavy (non-hydrogen) atoms. The van der Waals surface area contributed by atoms with Gasteiger partial charge >= 0.3 is 0 Å². The number of nitrogens with zero attached hydrogens (tertiary/aromatic N) is 1. The van der Waals surface area contributed by atoms with Crippen molar-refractivity contribution in [1.29, 1.82) is 0 Å². The maximum atomic E-state index is 13.5. The number of anilines is 1. The number of carbonyl (C=O) groups is 2. The van der Waals surface area contributed by atoms with Crippen LogP contribution in [0.25, 0.3) is 11.0 Å². The van der Waals surface area contributed by atoms with E-state index in [0.29, 0.717) is 28.5 Å². The first-order valence-electron chi connectivity index (χ1n) is 9.98. The predicted octanol–water partition coefficient (Wildman–Crippen LogP) is 5.13. The van der Waals surface area contributed by atoms with Crippen molar-refractivity contribution in [2.45, 2.75) is 13.0 Å². The lowest BCUT2D eigenvalue weighted by molar-refractivity contribution is -0.117. The molecule has 7 nitrogen and oxygen atoms in total. The van der Waals surface area contributed by atoms with Crippen molar-refractivity contribution in [3.63, 3.8) is 0 Å². The third-order valence-corrected chi connectivity index (χ3v) is 5.48. The summed E-state index contributed by atoms with van der Waals surface area (Å²) in [5, 5.41) is 11.5. The number of carbonyl (C=O) groups excluding carboxylic acids is 2. The molecule has 0 bridgehead atoms. The lowest BCUT2D eigenvalue weighted by Gasteiger charge is -2.25. The SMILES string of the molecule is COc1ccc(N2C(=O)C(O)=C(C(=O)c3cc4ccccc4o3)C2c2ccc(C)o2)cc1. The van der Waals surface area contributed by atoms with Gasteiger partial charge in [-0.25, -0.2) is 0 Å². The zero-order valence-corrected chi connectivity index (χ0v) is 17.4. The fraction of sp³-hybridized carbons (Fsp3) is 0.120. The van der Waals surface area contributed by atoms with Crippen LogP contribution in [0.4, 0.5) is 5.69 Å². The minimum atomic E-state index is -0.953. The zero-order valence-electron chi connectivity index (χ0n) is 17.4. The number of aliphatic hydroxyl groups excluding tert-OH is 1. The second kappa shape index (κ2) is 7.46. The van der Waals surface area contributed by atoms with E-state index in [9.17, 15) is 14.7 Å². The van der Waals surface area contributed by atoms with Crippen molar-refractivity contribution in [3.05, 3.63) is 95.3 Å². The molecule has 5 rings (SSSR count). The number of rotatable bonds is 5. The number of amides is 1. The third kappa shape index (κ3) is 3.06. The van der Waals surface area contributed by atoms with Crippen LogP contribution >= 0.6 is 0 Å². The molecule has 0 saturated heterocycles. The highest BCUT2D eigenvalue weighted by molar-refractivity contribution is 6.20. The molecule has 1 N–H and O–H groups in total. The third-order valence-electron chi connectivity index (χ3n) is 5.48. The van der Waals surface area contributed by atoms with Crippen molar-refractivity contribution in [2.75, 3.05) is 12.0 Å². The number of methoxy groups -OCH3 is 1. The van der Waals surface area contributed by atoms with Crippen molar-refractivity contribution < 1.29 is 28.3 Å². The minimum Gasteiger partial charge on any atom is -0.503 e. The fourth-order valence-electron chi connectivity index (χ4n) is 3.94. The Hall–Kier alpha value is -4.26. The molecule has 0 aliphatic carbocycles. The molecular formula is C25H19NO6. The van der Waals surface area contributed by atoms with Crippen LogP contribution in [0.2, 0.25) is 0 Å². The van der Waals surface area contributed by atoms with Crippen molar-refractivity contribution in [1.82, 2.24) is 0 Å². The number of ketones is 1. The largest absolute Gasteiger partial charge is 0.503 e. The van der Waals surface area contributed by atoms with Gasteiger partial charge in [-0.2, -0.15) is 0 Å². The predicted molar refractivity (Wildman–Crippen MR) is 117 cm³/mol. The summed E-state index contributed by atoms with van der Waals surface area (Å²) in [5.74, 6) is -0.299. The summed E-state index contributed by atoms with van der Waals surface area (Å²) in [6, 6.07) is 18.0. The van der Waals surface area contributed by atoms with Crippen molar-refractivity contribution >= 4 is 28.3 Å². The van der Waals surface area contributed by atoms with E-state index in [4.69, 9.17) is 13.6 Å². The summed E-state index contributed by atoms with van der Waals surface area (Å²) < 4.78 is 16.7. The molecule has 0 radical (unpaired) electrons. The van der Waals surface area contributed by atoms with Gasteiger partial charge in [0.2, 0.25) is 5.78 Å². The summed E-state index contributed by atoms with van der Waals surface area (Å²) in [6.45, 7) is 1.77. The van der Waals surface area contributed by atoms with Gasteiger partial charge in [0.25, 0.3) is 5.91 Å². The van der Waals surface area contributed by atoms with Gasteiger partial charge in [-0.05, 0) is 55.5 Å². The number of hydrogen-bond donors (Lipinski definition) is 1. The van der Waals surface area contributed by atoms with Crippen LogP contribution in [0.3, 0.4) is 0 Å². The Morgan fingerprint density at radius 3 is 2.44 bits per heavy atom. The molecule has 1 atom stereocenters. The van der Waals surface area contributed by atoms with Crippen LogP contribution in [0.15, 0.2) is 86.9 Å². The van der Waals surface area contributed by atoms with Crippen LogP contribution in [0.1, 0.15) is 28.1 Å². The number of aliphatic hydroxyl groups is 1. The number of para-hydroxylation sites is 1. The molecular weight excluding hydrogens is 410 g/mol. The Bertz CT molecular complexity index is 1340. The molecule has 7 heteroatoms. The second-order valence-corrected chi connectivity index (χ2v) is 7.46. The number of aryl methyl sites for hydroxylation is 1. The van der Waals surface area contributed by atoms with E-state index >= 15 is 0 Å². The Labute approximate surface area is 183 Å². The Kier molecular flexibility index (Phi) is 4.59. The number of benzene rings is 2. The lowest BCUT2D eigenvalue weighted by atomic mass is 9.99. The number of hydrogen-bond acceptors (Lipinski definition) is 6. The van der Waals surface area contributed by atoms with Crippen LogP contribution in [0.5, 0.6) is 5.75 Å². The van der Waals surface area contributed by atoms with E-state index in [2.05, 4.69) is 0 Å². The molecule has 0 spiro atoms. The first kappa shape index (κ1) is 19.7. The van der Waals surface area contributed by atoms with Crippen LogP contribution in [-0.2, 0) is 4.79 Å². The maximum absolute atomic E-state index is 13.5. The second-order valence-electron chi connectivity index (χ2n) is 7.46. The van der Waals surface area contributed by atoms with E-state index in [0.717, 1.165) is 5.39 Å². The van der Waals surface area contributed by atoms with Gasteiger partial charge in [-0.15, -0.1) is 0 Å². The van der Waals surface area contributed by atoms with Crippen molar-refractivity contribution in [2.24, 2.45) is 0 Å². The number of fused-ring (bicyclic) bond motifs is 1. The quantitative estimate of drug-likeness (QED) is 0.442. The summed E-state index contributed by atoms with van der Waals surface area (Å²) in [4.78, 5) is 28.0. The number of ether oxygens (including phenoxy) is 1. The molecule has 160 valence electrons. The van der Waals surface area contributed by atoms with Crippen LogP contribution < -0.4 is 9.64 Å². The van der Waals surface area contributed by atoms with Crippen LogP contribution in [-0.4, -0.2) is 23.9 Å². The molecule has 1 amide bonds. The van der Waals surface area contributed by atoms with E-state index in [1.54, 1.807) is 68.6 Å². The van der Waals surface area contributed by atoms with E-state index < -0.39 is 23.5 Å². The smallest absolute Gasteiger partial charge is 0.294 e. The molecule has 2 aromatic heterocycles. The molecule has 0 saturated carbocycles. The van der Waals surface area contributed by atoms with E-state index in [1.807, 2.05) is 12.1 Å². The molecule has 1 unspecified atom stereocenters. The van der Waals surface area contributed by atoms with Gasteiger partial charge in [0.05, 0.1) is 12.7 Å². The number of Topliss-reactive ketones (excluding diaryl/α,β-unsaturated/α-hetero) is 1. The van der Waals surface area contributed by atoms with Gasteiger partial charge in [0.15, 0.2) is 11.5 Å². The van der Waals surface area contributed by atoms with E-state index in [-0.39, 0.29) is 11.3 Å². The van der Waals surface area contributed by atoms with E-state index in [1.165, 1.54) is 4.90 Å². The molecule has 0 fully saturated rings. The molecule has 1 aliphatic heterocycles. The van der Waals surface area contributed by atoms with Gasteiger partial charge in [-0.3, -0.25) is 14.5 Å². The highest BCUT2D eigenvalue weighted by Gasteiger charge is 2.46. The molecule has 3 heterocycles. The Balaban J connectivity index is 1.63. The Morgan fingerprint density at radius 1 is 1.03 bits per heavy atom.